The summed E-state index contributed by atoms with van der Waals surface area (Å²) in [5.41, 5.74) is -0.510. The molecule has 146 valence electrons. The zero-order chi connectivity index (χ0) is 18.3. The van der Waals surface area contributed by atoms with Gasteiger partial charge in [-0.2, -0.15) is 0 Å². The monoisotopic (exact) mass is 470 g/mol. The summed E-state index contributed by atoms with van der Waals surface area (Å²) in [5.74, 6) is 0.188. The highest BCUT2D eigenvalue weighted by Gasteiger charge is 2.28. The Kier molecular flexibility index (Phi) is 10.1. The SMILES string of the molecule is CN=C(NCC(C)C(=O)OC)N1CCC(NC(=O)OC(C)(C)C)C1.I. The summed E-state index contributed by atoms with van der Waals surface area (Å²) in [5, 5.41) is 6.05. The number of rotatable bonds is 4. The lowest BCUT2D eigenvalue weighted by Gasteiger charge is -2.24. The number of hydrogen-bond acceptors (Lipinski definition) is 5. The van der Waals surface area contributed by atoms with Gasteiger partial charge in [0, 0.05) is 26.7 Å². The smallest absolute Gasteiger partial charge is 0.407 e. The van der Waals surface area contributed by atoms with E-state index >= 15 is 0 Å². The average Bonchev–Trinajstić information content (AvgIpc) is 2.92. The predicted octanol–water partition coefficient (Wildman–Crippen LogP) is 1.59. The van der Waals surface area contributed by atoms with E-state index in [1.807, 2.05) is 25.7 Å². The molecular formula is C16H31IN4O4. The highest BCUT2D eigenvalue weighted by Crippen LogP contribution is 2.12. The summed E-state index contributed by atoms with van der Waals surface area (Å²) >= 11 is 0. The van der Waals surface area contributed by atoms with Crippen molar-refractivity contribution < 1.29 is 19.1 Å². The van der Waals surface area contributed by atoms with Crippen LogP contribution in [0.4, 0.5) is 4.79 Å². The molecule has 1 amide bonds. The summed E-state index contributed by atoms with van der Waals surface area (Å²) in [4.78, 5) is 29.6. The molecule has 0 aliphatic carbocycles. The molecule has 1 aliphatic heterocycles. The summed E-state index contributed by atoms with van der Waals surface area (Å²) in [6.07, 6.45) is 0.406. The number of carbonyl (C=O) groups is 2. The summed E-state index contributed by atoms with van der Waals surface area (Å²) in [6, 6.07) is 0.0106. The Morgan fingerprint density at radius 1 is 1.36 bits per heavy atom. The number of amides is 1. The van der Waals surface area contributed by atoms with Crippen LogP contribution in [0.5, 0.6) is 0 Å². The molecule has 1 rings (SSSR count). The molecule has 2 atom stereocenters. The van der Waals surface area contributed by atoms with Gasteiger partial charge >= 0.3 is 12.1 Å². The summed E-state index contributed by atoms with van der Waals surface area (Å²) < 4.78 is 9.98. The molecule has 2 N–H and O–H groups in total. The zero-order valence-electron chi connectivity index (χ0n) is 15.9. The van der Waals surface area contributed by atoms with Crippen molar-refractivity contribution in [2.75, 3.05) is 33.8 Å². The van der Waals surface area contributed by atoms with E-state index in [1.165, 1.54) is 7.11 Å². The molecule has 25 heavy (non-hydrogen) atoms. The topological polar surface area (TPSA) is 92.3 Å². The number of esters is 1. The first kappa shape index (κ1) is 23.7. The van der Waals surface area contributed by atoms with Crippen LogP contribution in [0.15, 0.2) is 4.99 Å². The molecule has 9 heteroatoms. The standard InChI is InChI=1S/C16H30N4O4.HI/c1-11(13(21)23-6)9-18-14(17-5)20-8-7-12(10-20)19-15(22)24-16(2,3)4;/h11-12H,7-10H2,1-6H3,(H,17,18)(H,19,22);1H. The fourth-order valence-electron chi connectivity index (χ4n) is 2.41. The van der Waals surface area contributed by atoms with Crippen molar-refractivity contribution >= 4 is 42.0 Å². The fraction of sp³-hybridized carbons (Fsp3) is 0.812. The van der Waals surface area contributed by atoms with Gasteiger partial charge in [0.25, 0.3) is 0 Å². The molecule has 1 saturated heterocycles. The van der Waals surface area contributed by atoms with Crippen LogP contribution in [-0.2, 0) is 14.3 Å². The quantitative estimate of drug-likeness (QED) is 0.281. The van der Waals surface area contributed by atoms with E-state index in [4.69, 9.17) is 9.47 Å². The Morgan fingerprint density at radius 3 is 2.52 bits per heavy atom. The van der Waals surface area contributed by atoms with Crippen LogP contribution in [0.2, 0.25) is 0 Å². The van der Waals surface area contributed by atoms with Crippen molar-refractivity contribution in [1.29, 1.82) is 0 Å². The van der Waals surface area contributed by atoms with E-state index in [0.717, 1.165) is 13.0 Å². The van der Waals surface area contributed by atoms with Gasteiger partial charge in [-0.1, -0.05) is 6.92 Å². The van der Waals surface area contributed by atoms with Crippen LogP contribution in [0, 0.1) is 5.92 Å². The van der Waals surface area contributed by atoms with E-state index in [9.17, 15) is 9.59 Å². The molecule has 0 radical (unpaired) electrons. The number of methoxy groups -OCH3 is 1. The minimum absolute atomic E-state index is 0. The molecular weight excluding hydrogens is 439 g/mol. The van der Waals surface area contributed by atoms with Crippen LogP contribution in [0.1, 0.15) is 34.1 Å². The number of guanidine groups is 1. The van der Waals surface area contributed by atoms with Crippen molar-refractivity contribution in [3.63, 3.8) is 0 Å². The maximum absolute atomic E-state index is 11.8. The van der Waals surface area contributed by atoms with Crippen LogP contribution in [0.25, 0.3) is 0 Å². The lowest BCUT2D eigenvalue weighted by atomic mass is 10.2. The molecule has 0 aromatic heterocycles. The van der Waals surface area contributed by atoms with E-state index in [2.05, 4.69) is 15.6 Å². The number of likely N-dealkylation sites (tertiary alicyclic amines) is 1. The second-order valence-corrected chi connectivity index (χ2v) is 6.93. The predicted molar refractivity (Wildman–Crippen MR) is 107 cm³/mol. The van der Waals surface area contributed by atoms with E-state index < -0.39 is 11.7 Å². The summed E-state index contributed by atoms with van der Waals surface area (Å²) in [6.45, 7) is 9.16. The Labute approximate surface area is 167 Å². The Hall–Kier alpha value is -1.26. The number of alkyl carbamates (subject to hydrolysis) is 1. The third-order valence-corrected chi connectivity index (χ3v) is 3.59. The number of ether oxygens (including phenoxy) is 2. The van der Waals surface area contributed by atoms with Crippen molar-refractivity contribution in [3.05, 3.63) is 0 Å². The molecule has 0 aromatic carbocycles. The van der Waals surface area contributed by atoms with Gasteiger partial charge in [0.2, 0.25) is 0 Å². The maximum atomic E-state index is 11.8. The third-order valence-electron chi connectivity index (χ3n) is 3.59. The second kappa shape index (κ2) is 10.7. The van der Waals surface area contributed by atoms with Crippen LogP contribution in [0.3, 0.4) is 0 Å². The zero-order valence-corrected chi connectivity index (χ0v) is 18.2. The Bertz CT molecular complexity index is 479. The second-order valence-electron chi connectivity index (χ2n) is 6.93. The number of carbonyl (C=O) groups excluding carboxylic acids is 2. The minimum atomic E-state index is -0.510. The van der Waals surface area contributed by atoms with Gasteiger partial charge in [-0.3, -0.25) is 9.79 Å². The van der Waals surface area contributed by atoms with Gasteiger partial charge in [-0.25, -0.2) is 4.79 Å². The first-order valence-electron chi connectivity index (χ1n) is 8.19. The third kappa shape index (κ3) is 8.59. The van der Waals surface area contributed by atoms with Crippen LogP contribution < -0.4 is 10.6 Å². The van der Waals surface area contributed by atoms with Crippen molar-refractivity contribution in [1.82, 2.24) is 15.5 Å². The Balaban J connectivity index is 0.00000576. The van der Waals surface area contributed by atoms with Gasteiger partial charge in [0.15, 0.2) is 5.96 Å². The lowest BCUT2D eigenvalue weighted by Crippen LogP contribution is -2.45. The molecule has 8 nitrogen and oxygen atoms in total. The molecule has 2 unspecified atom stereocenters. The molecule has 1 heterocycles. The molecule has 0 aromatic rings. The number of nitrogens with one attached hydrogen (secondary N) is 2. The largest absolute Gasteiger partial charge is 0.469 e. The first-order chi connectivity index (χ1) is 11.2. The molecule has 0 spiro atoms. The minimum Gasteiger partial charge on any atom is -0.469 e. The average molecular weight is 470 g/mol. The fourth-order valence-corrected chi connectivity index (χ4v) is 2.41. The highest BCUT2D eigenvalue weighted by molar-refractivity contribution is 14.0. The number of aliphatic imine (C=N–C) groups is 1. The number of hydrogen-bond donors (Lipinski definition) is 2. The normalized spacial score (nSPS) is 18.9. The van der Waals surface area contributed by atoms with Gasteiger partial charge in [-0.05, 0) is 27.2 Å². The van der Waals surface area contributed by atoms with Crippen molar-refractivity contribution in [2.24, 2.45) is 10.9 Å². The van der Waals surface area contributed by atoms with Crippen molar-refractivity contribution in [3.8, 4) is 0 Å². The molecule has 1 aliphatic rings. The number of halogens is 1. The van der Waals surface area contributed by atoms with Gasteiger partial charge in [0.1, 0.15) is 5.60 Å². The van der Waals surface area contributed by atoms with Crippen molar-refractivity contribution in [2.45, 2.75) is 45.8 Å². The van der Waals surface area contributed by atoms with Crippen LogP contribution in [-0.4, -0.2) is 68.4 Å². The van der Waals surface area contributed by atoms with Gasteiger partial charge in [0.05, 0.1) is 19.1 Å². The van der Waals surface area contributed by atoms with Gasteiger partial charge in [-0.15, -0.1) is 24.0 Å². The summed E-state index contributed by atoms with van der Waals surface area (Å²) in [7, 11) is 3.07. The van der Waals surface area contributed by atoms with E-state index in [0.29, 0.717) is 19.0 Å². The maximum Gasteiger partial charge on any atom is 0.407 e. The molecule has 0 bridgehead atoms. The Morgan fingerprint density at radius 2 is 2.00 bits per heavy atom. The lowest BCUT2D eigenvalue weighted by molar-refractivity contribution is -0.144. The van der Waals surface area contributed by atoms with E-state index in [-0.39, 0.29) is 41.9 Å². The number of nitrogens with zero attached hydrogens (tertiary/aromatic N) is 2. The molecule has 1 fully saturated rings. The van der Waals surface area contributed by atoms with E-state index in [1.54, 1.807) is 14.0 Å². The van der Waals surface area contributed by atoms with Gasteiger partial charge < -0.3 is 25.0 Å². The van der Waals surface area contributed by atoms with Crippen LogP contribution >= 0.6 is 24.0 Å². The highest BCUT2D eigenvalue weighted by atomic mass is 127. The first-order valence-corrected chi connectivity index (χ1v) is 8.19. The molecule has 0 saturated carbocycles.